The van der Waals surface area contributed by atoms with Crippen molar-refractivity contribution in [3.05, 3.63) is 70.6 Å². The molecular formula is C21H24N4. The molecule has 1 aliphatic rings. The summed E-state index contributed by atoms with van der Waals surface area (Å²) in [5, 5.41) is 0. The first-order chi connectivity index (χ1) is 12.1. The summed E-state index contributed by atoms with van der Waals surface area (Å²) < 4.78 is 0. The molecule has 0 spiro atoms. The first kappa shape index (κ1) is 16.0. The summed E-state index contributed by atoms with van der Waals surface area (Å²) >= 11 is 0. The number of H-pyrrole nitrogens is 1. The van der Waals surface area contributed by atoms with Crippen molar-refractivity contribution in [1.82, 2.24) is 19.9 Å². The predicted octanol–water partition coefficient (Wildman–Crippen LogP) is 3.96. The molecule has 0 bridgehead atoms. The minimum Gasteiger partial charge on any atom is -0.345 e. The second-order valence-corrected chi connectivity index (χ2v) is 7.02. The van der Waals surface area contributed by atoms with E-state index in [4.69, 9.17) is 0 Å². The lowest BCUT2D eigenvalue weighted by molar-refractivity contribution is 0.243. The molecule has 2 aromatic heterocycles. The van der Waals surface area contributed by atoms with Gasteiger partial charge in [-0.1, -0.05) is 24.3 Å². The first-order valence-corrected chi connectivity index (χ1v) is 8.88. The standard InChI is InChI=1S/C21H24N4/c1-14-4-7-21(15(2)23-14)18-5-6-19-12-25(9-8-17(19)10-18)13-20-11-22-16(3)24-20/h4-7,10-11H,8-9,12-13H2,1-3H3,(H,22,24). The lowest BCUT2D eigenvalue weighted by atomic mass is 9.94. The lowest BCUT2D eigenvalue weighted by Gasteiger charge is -2.28. The third-order valence-corrected chi connectivity index (χ3v) is 4.98. The topological polar surface area (TPSA) is 44.8 Å². The highest BCUT2D eigenvalue weighted by Gasteiger charge is 2.18. The van der Waals surface area contributed by atoms with Crippen molar-refractivity contribution in [2.45, 2.75) is 40.3 Å². The number of pyridine rings is 1. The van der Waals surface area contributed by atoms with Gasteiger partial charge in [0.25, 0.3) is 0 Å². The Morgan fingerprint density at radius 1 is 1.08 bits per heavy atom. The minimum absolute atomic E-state index is 0.934. The highest BCUT2D eigenvalue weighted by atomic mass is 15.1. The molecule has 128 valence electrons. The summed E-state index contributed by atoms with van der Waals surface area (Å²) in [5.41, 5.74) is 8.79. The Hall–Kier alpha value is -2.46. The molecule has 4 nitrogen and oxygen atoms in total. The van der Waals surface area contributed by atoms with E-state index in [1.54, 1.807) is 0 Å². The number of nitrogens with zero attached hydrogens (tertiary/aromatic N) is 3. The van der Waals surface area contributed by atoms with Crippen molar-refractivity contribution in [2.75, 3.05) is 6.54 Å². The number of aromatic amines is 1. The van der Waals surface area contributed by atoms with E-state index in [1.165, 1.54) is 27.9 Å². The largest absolute Gasteiger partial charge is 0.345 e. The quantitative estimate of drug-likeness (QED) is 0.790. The van der Waals surface area contributed by atoms with Crippen molar-refractivity contribution in [1.29, 1.82) is 0 Å². The first-order valence-electron chi connectivity index (χ1n) is 8.88. The van der Waals surface area contributed by atoms with Gasteiger partial charge in [-0.2, -0.15) is 0 Å². The smallest absolute Gasteiger partial charge is 0.103 e. The van der Waals surface area contributed by atoms with Gasteiger partial charge in [0.15, 0.2) is 0 Å². The molecule has 4 heteroatoms. The predicted molar refractivity (Wildman–Crippen MR) is 100 cm³/mol. The number of aromatic nitrogens is 3. The highest BCUT2D eigenvalue weighted by molar-refractivity contribution is 5.67. The maximum Gasteiger partial charge on any atom is 0.103 e. The second kappa shape index (κ2) is 6.45. The van der Waals surface area contributed by atoms with Crippen LogP contribution in [-0.2, 0) is 19.5 Å². The summed E-state index contributed by atoms with van der Waals surface area (Å²) in [6, 6.07) is 11.2. The van der Waals surface area contributed by atoms with E-state index in [0.717, 1.165) is 43.3 Å². The monoisotopic (exact) mass is 332 g/mol. The van der Waals surface area contributed by atoms with E-state index in [0.29, 0.717) is 0 Å². The van der Waals surface area contributed by atoms with Crippen LogP contribution in [0.15, 0.2) is 36.5 Å². The second-order valence-electron chi connectivity index (χ2n) is 7.02. The van der Waals surface area contributed by atoms with Gasteiger partial charge in [-0.3, -0.25) is 9.88 Å². The van der Waals surface area contributed by atoms with Crippen molar-refractivity contribution >= 4 is 0 Å². The Morgan fingerprint density at radius 3 is 2.72 bits per heavy atom. The maximum absolute atomic E-state index is 4.61. The van der Waals surface area contributed by atoms with Crippen LogP contribution in [-0.4, -0.2) is 26.4 Å². The summed E-state index contributed by atoms with van der Waals surface area (Å²) in [5.74, 6) is 0.985. The number of rotatable bonds is 3. The molecule has 0 aliphatic carbocycles. The van der Waals surface area contributed by atoms with Crippen LogP contribution in [0.1, 0.15) is 34.0 Å². The van der Waals surface area contributed by atoms with Crippen LogP contribution in [0.25, 0.3) is 11.1 Å². The van der Waals surface area contributed by atoms with Crippen LogP contribution in [0.3, 0.4) is 0 Å². The molecule has 25 heavy (non-hydrogen) atoms. The van der Waals surface area contributed by atoms with Crippen LogP contribution in [0, 0.1) is 20.8 Å². The third-order valence-electron chi connectivity index (χ3n) is 4.98. The Balaban J connectivity index is 1.54. The van der Waals surface area contributed by atoms with Gasteiger partial charge in [0.05, 0.1) is 0 Å². The zero-order valence-corrected chi connectivity index (χ0v) is 15.1. The fraction of sp³-hybridized carbons (Fsp3) is 0.333. The number of hydrogen-bond donors (Lipinski definition) is 1. The summed E-state index contributed by atoms with van der Waals surface area (Å²) in [6.45, 7) is 9.15. The molecule has 1 aliphatic heterocycles. The summed E-state index contributed by atoms with van der Waals surface area (Å²) in [7, 11) is 0. The fourth-order valence-corrected chi connectivity index (χ4v) is 3.70. The van der Waals surface area contributed by atoms with Crippen LogP contribution < -0.4 is 0 Å². The van der Waals surface area contributed by atoms with Gasteiger partial charge in [-0.05, 0) is 49.9 Å². The normalized spacial score (nSPS) is 14.5. The highest BCUT2D eigenvalue weighted by Crippen LogP contribution is 2.28. The molecule has 4 rings (SSSR count). The van der Waals surface area contributed by atoms with Gasteiger partial charge in [0.1, 0.15) is 5.82 Å². The van der Waals surface area contributed by atoms with Crippen molar-refractivity contribution in [3.63, 3.8) is 0 Å². The Kier molecular flexibility index (Phi) is 4.14. The molecule has 0 atom stereocenters. The van der Waals surface area contributed by atoms with E-state index in [9.17, 15) is 0 Å². The zero-order chi connectivity index (χ0) is 17.4. The van der Waals surface area contributed by atoms with Crippen LogP contribution in [0.4, 0.5) is 0 Å². The van der Waals surface area contributed by atoms with Gasteiger partial charge in [-0.15, -0.1) is 0 Å². The van der Waals surface area contributed by atoms with E-state index >= 15 is 0 Å². The average molecular weight is 332 g/mol. The van der Waals surface area contributed by atoms with Crippen LogP contribution >= 0.6 is 0 Å². The van der Waals surface area contributed by atoms with Gasteiger partial charge >= 0.3 is 0 Å². The third kappa shape index (κ3) is 3.35. The maximum atomic E-state index is 4.61. The number of benzene rings is 1. The van der Waals surface area contributed by atoms with Crippen LogP contribution in [0.2, 0.25) is 0 Å². The Morgan fingerprint density at radius 2 is 1.96 bits per heavy atom. The zero-order valence-electron chi connectivity index (χ0n) is 15.1. The molecule has 0 saturated carbocycles. The van der Waals surface area contributed by atoms with E-state index in [-0.39, 0.29) is 0 Å². The SMILES string of the molecule is Cc1ccc(-c2ccc3c(c2)CCN(Cc2cnc(C)[nH]2)C3)c(C)n1. The molecule has 1 N–H and O–H groups in total. The molecule has 0 amide bonds. The Bertz CT molecular complexity index is 910. The molecule has 0 saturated heterocycles. The minimum atomic E-state index is 0.934. The van der Waals surface area contributed by atoms with Crippen molar-refractivity contribution < 1.29 is 0 Å². The molecule has 3 heterocycles. The molecule has 0 fully saturated rings. The summed E-state index contributed by atoms with van der Waals surface area (Å²) in [6.07, 6.45) is 3.04. The van der Waals surface area contributed by atoms with Crippen molar-refractivity contribution in [3.8, 4) is 11.1 Å². The van der Waals surface area contributed by atoms with Gasteiger partial charge < -0.3 is 4.98 Å². The van der Waals surface area contributed by atoms with Crippen LogP contribution in [0.5, 0.6) is 0 Å². The van der Waals surface area contributed by atoms with Gasteiger partial charge in [-0.25, -0.2) is 4.98 Å². The number of imidazole rings is 1. The summed E-state index contributed by atoms with van der Waals surface area (Å²) in [4.78, 5) is 14.7. The Labute approximate surface area is 149 Å². The van der Waals surface area contributed by atoms with Gasteiger partial charge in [0, 0.05) is 48.5 Å². The number of nitrogens with one attached hydrogen (secondary N) is 1. The molecule has 0 radical (unpaired) electrons. The molecule has 1 aromatic carbocycles. The molecule has 0 unspecified atom stereocenters. The lowest BCUT2D eigenvalue weighted by Crippen LogP contribution is -2.30. The van der Waals surface area contributed by atoms with Crippen molar-refractivity contribution in [2.24, 2.45) is 0 Å². The number of hydrogen-bond acceptors (Lipinski definition) is 3. The number of fused-ring (bicyclic) bond motifs is 1. The number of aryl methyl sites for hydroxylation is 3. The van der Waals surface area contributed by atoms with Gasteiger partial charge in [0.2, 0.25) is 0 Å². The molecular weight excluding hydrogens is 308 g/mol. The fourth-order valence-electron chi connectivity index (χ4n) is 3.70. The van der Waals surface area contributed by atoms with E-state index < -0.39 is 0 Å². The molecule has 3 aromatic rings. The van der Waals surface area contributed by atoms with E-state index in [1.807, 2.05) is 20.0 Å². The average Bonchev–Trinajstić information content (AvgIpc) is 2.99. The van der Waals surface area contributed by atoms with E-state index in [2.05, 4.69) is 57.1 Å².